The summed E-state index contributed by atoms with van der Waals surface area (Å²) in [5.41, 5.74) is 12.0. The summed E-state index contributed by atoms with van der Waals surface area (Å²) in [6.45, 7) is 18.4. The Bertz CT molecular complexity index is 1210. The summed E-state index contributed by atoms with van der Waals surface area (Å²) in [7, 11) is 0. The van der Waals surface area contributed by atoms with Gasteiger partial charge in [-0.15, -0.1) is 0 Å². The minimum atomic E-state index is -0.505. The second kappa shape index (κ2) is 57.9. The molecule has 73 heavy (non-hydrogen) atoms. The first-order valence-electron chi connectivity index (χ1n) is 31.7. The molecule has 0 aromatic rings. The molecule has 0 aliphatic heterocycles. The summed E-state index contributed by atoms with van der Waals surface area (Å²) in [6.07, 6.45) is 72.3. The summed E-state index contributed by atoms with van der Waals surface area (Å²) in [5, 5.41) is 21.7. The number of unbranched alkanes of at least 4 members (excludes halogenated alkanes) is 27. The molecule has 0 heterocycles. The van der Waals surface area contributed by atoms with Crippen molar-refractivity contribution in [2.75, 3.05) is 58.9 Å². The van der Waals surface area contributed by atoms with Gasteiger partial charge in [0.1, 0.15) is 0 Å². The van der Waals surface area contributed by atoms with Gasteiger partial charge in [0.25, 0.3) is 0 Å². The lowest BCUT2D eigenvalue weighted by molar-refractivity contribution is 0.0579. The predicted octanol–water partition coefficient (Wildman–Crippen LogP) is 16.7. The molecule has 7 nitrogen and oxygen atoms in total. The molecular weight excluding hydrogens is 895 g/mol. The van der Waals surface area contributed by atoms with Gasteiger partial charge in [0, 0.05) is 51.4 Å². The van der Waals surface area contributed by atoms with E-state index in [1.54, 1.807) is 0 Å². The fraction of sp³-hybridized carbons (Fsp3) is 0.818. The van der Waals surface area contributed by atoms with Gasteiger partial charge in [-0.1, -0.05) is 209 Å². The Kier molecular flexibility index (Phi) is 56.4. The van der Waals surface area contributed by atoms with Crippen molar-refractivity contribution in [2.45, 2.75) is 290 Å². The van der Waals surface area contributed by atoms with Crippen molar-refractivity contribution in [1.82, 2.24) is 14.7 Å². The number of nitrogens with two attached hydrogens (primary N) is 2. The van der Waals surface area contributed by atoms with Gasteiger partial charge in [-0.3, -0.25) is 9.80 Å². The molecule has 0 spiro atoms. The van der Waals surface area contributed by atoms with Crippen LogP contribution in [0, 0.1) is 0 Å². The second-order valence-electron chi connectivity index (χ2n) is 22.0. The summed E-state index contributed by atoms with van der Waals surface area (Å²) in [5.74, 6) is 0. The fourth-order valence-corrected chi connectivity index (χ4v) is 9.84. The molecule has 0 amide bonds. The first-order valence-corrected chi connectivity index (χ1v) is 31.7. The van der Waals surface area contributed by atoms with E-state index in [1.165, 1.54) is 199 Å². The van der Waals surface area contributed by atoms with E-state index in [9.17, 15) is 10.2 Å². The number of hydrogen-bond donors (Lipinski definition) is 4. The van der Waals surface area contributed by atoms with E-state index in [4.69, 9.17) is 11.5 Å². The van der Waals surface area contributed by atoms with Crippen LogP contribution in [0.1, 0.15) is 266 Å². The molecule has 0 aliphatic rings. The Morgan fingerprint density at radius 2 is 0.562 bits per heavy atom. The first-order chi connectivity index (χ1) is 35.8. The second-order valence-corrected chi connectivity index (χ2v) is 22.0. The van der Waals surface area contributed by atoms with Crippen LogP contribution >= 0.6 is 0 Å². The third-order valence-electron chi connectivity index (χ3n) is 14.7. The van der Waals surface area contributed by atoms with Crippen LogP contribution in [0.2, 0.25) is 0 Å². The van der Waals surface area contributed by atoms with Crippen LogP contribution in [0.5, 0.6) is 0 Å². The van der Waals surface area contributed by atoms with Crippen LogP contribution < -0.4 is 11.5 Å². The molecule has 0 radical (unpaired) electrons. The number of hydrogen-bond acceptors (Lipinski definition) is 7. The fourth-order valence-electron chi connectivity index (χ4n) is 9.84. The molecule has 4 atom stereocenters. The van der Waals surface area contributed by atoms with Crippen molar-refractivity contribution in [2.24, 2.45) is 11.5 Å². The maximum atomic E-state index is 10.8. The highest BCUT2D eigenvalue weighted by molar-refractivity contribution is 4.94. The average Bonchev–Trinajstić information content (AvgIpc) is 3.39. The smallest absolute Gasteiger partial charge is 0.0789 e. The average molecular weight is 1020 g/mol. The van der Waals surface area contributed by atoms with Crippen LogP contribution in [0.4, 0.5) is 0 Å². The number of allylic oxidation sites excluding steroid dienone is 12. The van der Waals surface area contributed by atoms with Crippen molar-refractivity contribution in [3.63, 3.8) is 0 Å². The monoisotopic (exact) mass is 1020 g/mol. The SMILES string of the molecule is CCCCC/C=C\C/C=C\CCCCCCCCN(CC(C)N(CCCCCCCC/C=C\C/C=C\CCCCC)CC(O)CN)CC(C)N(CCCCCCCC/C=C\C/C=C\CCCCC)CC(O)CN. The Morgan fingerprint density at radius 1 is 0.315 bits per heavy atom. The van der Waals surface area contributed by atoms with E-state index in [2.05, 4.69) is 122 Å². The zero-order chi connectivity index (χ0) is 53.3. The number of aliphatic hydroxyl groups excluding tert-OH is 2. The van der Waals surface area contributed by atoms with Crippen LogP contribution in [0.25, 0.3) is 0 Å². The highest BCUT2D eigenvalue weighted by Crippen LogP contribution is 2.16. The molecular formula is C66H127N5O2. The minimum Gasteiger partial charge on any atom is -0.390 e. The number of nitrogens with zero attached hydrogens (tertiary/aromatic N) is 3. The van der Waals surface area contributed by atoms with Crippen molar-refractivity contribution in [3.8, 4) is 0 Å². The lowest BCUT2D eigenvalue weighted by Crippen LogP contribution is -2.51. The van der Waals surface area contributed by atoms with E-state index >= 15 is 0 Å². The Balaban J connectivity index is 5.29. The molecule has 7 heteroatoms. The molecule has 4 unspecified atom stereocenters. The predicted molar refractivity (Wildman–Crippen MR) is 327 cm³/mol. The lowest BCUT2D eigenvalue weighted by Gasteiger charge is -2.38. The van der Waals surface area contributed by atoms with Gasteiger partial charge in [-0.25, -0.2) is 0 Å². The normalized spacial score (nSPS) is 14.5. The Hall–Kier alpha value is -1.84. The molecule has 0 aliphatic carbocycles. The molecule has 6 N–H and O–H groups in total. The van der Waals surface area contributed by atoms with E-state index in [0.717, 1.165) is 64.8 Å². The first kappa shape index (κ1) is 71.2. The summed E-state index contributed by atoms with van der Waals surface area (Å²) >= 11 is 0. The van der Waals surface area contributed by atoms with Crippen LogP contribution in [0.15, 0.2) is 72.9 Å². The van der Waals surface area contributed by atoms with Crippen molar-refractivity contribution >= 4 is 0 Å². The lowest BCUT2D eigenvalue weighted by atomic mass is 10.1. The van der Waals surface area contributed by atoms with E-state index in [1.807, 2.05) is 0 Å². The highest BCUT2D eigenvalue weighted by Gasteiger charge is 2.24. The maximum absolute atomic E-state index is 10.8. The maximum Gasteiger partial charge on any atom is 0.0789 e. The Labute approximate surface area is 456 Å². The zero-order valence-electron chi connectivity index (χ0n) is 49.4. The van der Waals surface area contributed by atoms with Crippen LogP contribution in [-0.2, 0) is 0 Å². The standard InChI is InChI=1S/C66H127N5O2/c1-6-9-12-15-18-21-24-27-30-33-36-39-42-45-48-51-54-69(59-63(4)70(61-65(72)57-67)55-52-49-46-43-40-37-34-31-28-25-22-19-16-13-10-7-2)60-64(5)71(62-66(73)58-68)56-53-50-47-44-41-38-35-32-29-26-23-20-17-14-11-8-3/h18-23,27-32,63-66,72-73H,6-17,24-26,33-62,67-68H2,1-5H3/b21-18-,22-19-,23-20-,30-27-,31-28-,32-29-. The van der Waals surface area contributed by atoms with Gasteiger partial charge >= 0.3 is 0 Å². The van der Waals surface area contributed by atoms with Gasteiger partial charge in [0.15, 0.2) is 0 Å². The molecule has 0 saturated heterocycles. The van der Waals surface area contributed by atoms with Crippen molar-refractivity contribution < 1.29 is 10.2 Å². The summed E-state index contributed by atoms with van der Waals surface area (Å²) < 4.78 is 0. The van der Waals surface area contributed by atoms with E-state index in [0.29, 0.717) is 38.3 Å². The van der Waals surface area contributed by atoms with Crippen LogP contribution in [0.3, 0.4) is 0 Å². The zero-order valence-corrected chi connectivity index (χ0v) is 49.4. The van der Waals surface area contributed by atoms with E-state index < -0.39 is 12.2 Å². The van der Waals surface area contributed by atoms with Crippen molar-refractivity contribution in [1.29, 1.82) is 0 Å². The van der Waals surface area contributed by atoms with Crippen molar-refractivity contribution in [3.05, 3.63) is 72.9 Å². The minimum absolute atomic E-state index is 0.299. The molecule has 0 rings (SSSR count). The molecule has 0 aromatic heterocycles. The highest BCUT2D eigenvalue weighted by atomic mass is 16.3. The molecule has 0 fully saturated rings. The Morgan fingerprint density at radius 3 is 0.836 bits per heavy atom. The molecule has 0 bridgehead atoms. The molecule has 428 valence electrons. The van der Waals surface area contributed by atoms with Crippen LogP contribution in [-0.4, -0.2) is 108 Å². The van der Waals surface area contributed by atoms with Gasteiger partial charge in [0.05, 0.1) is 12.2 Å². The topological polar surface area (TPSA) is 102 Å². The molecule has 0 saturated carbocycles. The van der Waals surface area contributed by atoms with Gasteiger partial charge < -0.3 is 26.6 Å². The molecule has 0 aromatic carbocycles. The summed E-state index contributed by atoms with van der Waals surface area (Å²) in [6, 6.07) is 0.624. The number of rotatable bonds is 57. The van der Waals surface area contributed by atoms with Gasteiger partial charge in [0.2, 0.25) is 0 Å². The third kappa shape index (κ3) is 50.7. The third-order valence-corrected chi connectivity index (χ3v) is 14.7. The largest absolute Gasteiger partial charge is 0.390 e. The van der Waals surface area contributed by atoms with E-state index in [-0.39, 0.29) is 0 Å². The quantitative estimate of drug-likeness (QED) is 0.0356. The van der Waals surface area contributed by atoms with Gasteiger partial charge in [-0.05, 0) is 149 Å². The number of aliphatic hydroxyl groups is 2. The van der Waals surface area contributed by atoms with Gasteiger partial charge in [-0.2, -0.15) is 0 Å². The summed E-state index contributed by atoms with van der Waals surface area (Å²) in [4.78, 5) is 7.76.